The lowest BCUT2D eigenvalue weighted by molar-refractivity contribution is -0.138. The molecule has 3 rings (SSSR count). The summed E-state index contributed by atoms with van der Waals surface area (Å²) in [6.45, 7) is 9.25. The summed E-state index contributed by atoms with van der Waals surface area (Å²) < 4.78 is 39.1. The quantitative estimate of drug-likeness (QED) is 0.621. The fourth-order valence-corrected chi connectivity index (χ4v) is 5.57. The van der Waals surface area contributed by atoms with Gasteiger partial charge in [-0.05, 0) is 33.6 Å². The van der Waals surface area contributed by atoms with Crippen molar-refractivity contribution < 1.29 is 27.5 Å². The highest BCUT2D eigenvalue weighted by Crippen LogP contribution is 2.22. The second-order valence-electron chi connectivity index (χ2n) is 9.01. The van der Waals surface area contributed by atoms with E-state index in [1.165, 1.54) is 8.61 Å². The molecule has 0 bridgehead atoms. The molecule has 10 nitrogen and oxygen atoms in total. The Kier molecular flexibility index (Phi) is 7.26. The Labute approximate surface area is 179 Å². The number of carbonyl (C=O) groups excluding carboxylic acids is 2. The van der Waals surface area contributed by atoms with Gasteiger partial charge in [-0.1, -0.05) is 0 Å². The molecule has 0 saturated carbocycles. The monoisotopic (exact) mass is 446 g/mol. The van der Waals surface area contributed by atoms with Crippen molar-refractivity contribution in [2.45, 2.75) is 39.2 Å². The Morgan fingerprint density at radius 1 is 0.900 bits per heavy atom. The number of nitrogens with zero attached hydrogens (tertiary/aromatic N) is 4. The lowest BCUT2D eigenvalue weighted by Crippen LogP contribution is -2.57. The molecule has 0 spiro atoms. The second-order valence-corrected chi connectivity index (χ2v) is 10.9. The number of rotatable bonds is 3. The van der Waals surface area contributed by atoms with E-state index >= 15 is 0 Å². The zero-order chi connectivity index (χ0) is 21.9. The summed E-state index contributed by atoms with van der Waals surface area (Å²) in [5, 5.41) is 0. The second kappa shape index (κ2) is 9.37. The van der Waals surface area contributed by atoms with E-state index in [1.54, 1.807) is 9.80 Å². The van der Waals surface area contributed by atoms with Crippen LogP contribution in [0.5, 0.6) is 0 Å². The Morgan fingerprint density at radius 2 is 1.50 bits per heavy atom. The molecule has 1 unspecified atom stereocenters. The molecule has 0 N–H and O–H groups in total. The summed E-state index contributed by atoms with van der Waals surface area (Å²) in [4.78, 5) is 28.7. The maximum atomic E-state index is 13.0. The molecule has 3 heterocycles. The molecule has 30 heavy (non-hydrogen) atoms. The summed E-state index contributed by atoms with van der Waals surface area (Å²) >= 11 is 0. The number of carbonyl (C=O) groups is 2. The number of hydrogen-bond acceptors (Lipinski definition) is 6. The van der Waals surface area contributed by atoms with E-state index in [1.807, 2.05) is 20.8 Å². The molecule has 0 aliphatic carbocycles. The average molecular weight is 447 g/mol. The van der Waals surface area contributed by atoms with Crippen molar-refractivity contribution in [3.8, 4) is 0 Å². The molecule has 3 fully saturated rings. The number of hydrogen-bond donors (Lipinski definition) is 0. The van der Waals surface area contributed by atoms with Gasteiger partial charge in [0, 0.05) is 52.4 Å². The van der Waals surface area contributed by atoms with Crippen molar-refractivity contribution in [1.29, 1.82) is 0 Å². The molecule has 3 saturated heterocycles. The van der Waals surface area contributed by atoms with Gasteiger partial charge in [0.15, 0.2) is 0 Å². The van der Waals surface area contributed by atoms with E-state index in [2.05, 4.69) is 0 Å². The van der Waals surface area contributed by atoms with Gasteiger partial charge in [0.1, 0.15) is 5.60 Å². The molecule has 0 radical (unpaired) electrons. The van der Waals surface area contributed by atoms with Crippen LogP contribution in [0.1, 0.15) is 33.6 Å². The number of piperazine rings is 1. The van der Waals surface area contributed by atoms with Crippen molar-refractivity contribution in [3.63, 3.8) is 0 Å². The Balaban J connectivity index is 1.52. The molecule has 0 aromatic rings. The topological polar surface area (TPSA) is 99.7 Å². The fraction of sp³-hybridized carbons (Fsp3) is 0.895. The molecular weight excluding hydrogens is 412 g/mol. The van der Waals surface area contributed by atoms with Crippen molar-refractivity contribution in [2.75, 3.05) is 65.6 Å². The van der Waals surface area contributed by atoms with E-state index in [0.29, 0.717) is 52.5 Å². The van der Waals surface area contributed by atoms with Crippen molar-refractivity contribution in [3.05, 3.63) is 0 Å². The first kappa shape index (κ1) is 23.2. The van der Waals surface area contributed by atoms with Crippen LogP contribution in [-0.2, 0) is 24.5 Å². The van der Waals surface area contributed by atoms with Crippen LogP contribution in [0, 0.1) is 5.92 Å². The third-order valence-corrected chi connectivity index (χ3v) is 7.63. The molecule has 3 aliphatic rings. The van der Waals surface area contributed by atoms with Gasteiger partial charge in [-0.3, -0.25) is 4.79 Å². The van der Waals surface area contributed by atoms with Crippen molar-refractivity contribution >= 4 is 22.2 Å². The van der Waals surface area contributed by atoms with Crippen molar-refractivity contribution in [1.82, 2.24) is 18.4 Å². The molecular formula is C19H34N4O6S. The lowest BCUT2D eigenvalue weighted by atomic mass is 9.96. The average Bonchev–Trinajstić information content (AvgIpc) is 2.73. The molecule has 172 valence electrons. The minimum Gasteiger partial charge on any atom is -0.444 e. The smallest absolute Gasteiger partial charge is 0.410 e. The van der Waals surface area contributed by atoms with E-state index < -0.39 is 15.8 Å². The predicted molar refractivity (Wildman–Crippen MR) is 110 cm³/mol. The van der Waals surface area contributed by atoms with Gasteiger partial charge in [-0.15, -0.1) is 0 Å². The minimum absolute atomic E-state index is 0.00770. The Bertz CT molecular complexity index is 724. The van der Waals surface area contributed by atoms with Crippen LogP contribution in [0.25, 0.3) is 0 Å². The predicted octanol–water partition coefficient (Wildman–Crippen LogP) is 0.355. The van der Waals surface area contributed by atoms with Crippen LogP contribution in [0.2, 0.25) is 0 Å². The van der Waals surface area contributed by atoms with Crippen LogP contribution < -0.4 is 0 Å². The first-order chi connectivity index (χ1) is 14.1. The number of ether oxygens (including phenoxy) is 2. The molecule has 0 aromatic heterocycles. The normalized spacial score (nSPS) is 25.2. The molecule has 0 aromatic carbocycles. The van der Waals surface area contributed by atoms with E-state index in [4.69, 9.17) is 9.47 Å². The molecule has 11 heteroatoms. The first-order valence-electron chi connectivity index (χ1n) is 10.7. The SMILES string of the molecule is CC(C)(C)OC(=O)N1CCCC(C(=O)N2CCN(S(=O)(=O)N3CCOCC3)CC2)C1. The lowest BCUT2D eigenvalue weighted by Gasteiger charge is -2.40. The largest absolute Gasteiger partial charge is 0.444 e. The summed E-state index contributed by atoms with van der Waals surface area (Å²) in [5.74, 6) is -0.277. The Hall–Kier alpha value is -1.43. The third-order valence-electron chi connectivity index (χ3n) is 5.60. The van der Waals surface area contributed by atoms with Crippen LogP contribution in [0.3, 0.4) is 0 Å². The fourth-order valence-electron chi connectivity index (χ4n) is 4.01. The zero-order valence-electron chi connectivity index (χ0n) is 18.2. The van der Waals surface area contributed by atoms with Gasteiger partial charge < -0.3 is 19.3 Å². The van der Waals surface area contributed by atoms with Gasteiger partial charge in [-0.2, -0.15) is 17.0 Å². The van der Waals surface area contributed by atoms with Gasteiger partial charge >= 0.3 is 6.09 Å². The molecule has 3 aliphatic heterocycles. The number of likely N-dealkylation sites (tertiary alicyclic amines) is 1. The zero-order valence-corrected chi connectivity index (χ0v) is 19.0. The van der Waals surface area contributed by atoms with Gasteiger partial charge in [-0.25, -0.2) is 4.79 Å². The summed E-state index contributed by atoms with van der Waals surface area (Å²) in [6.07, 6.45) is 1.09. The highest BCUT2D eigenvalue weighted by molar-refractivity contribution is 7.86. The summed E-state index contributed by atoms with van der Waals surface area (Å²) in [5.41, 5.74) is -0.573. The van der Waals surface area contributed by atoms with Gasteiger partial charge in [0.25, 0.3) is 10.2 Å². The standard InChI is InChI=1S/C19H34N4O6S/c1-19(2,3)29-18(25)21-6-4-5-16(15-21)17(24)20-7-9-22(10-8-20)30(26,27)23-11-13-28-14-12-23/h16H,4-15H2,1-3H3. The molecule has 1 atom stereocenters. The maximum absolute atomic E-state index is 13.0. The maximum Gasteiger partial charge on any atom is 0.410 e. The summed E-state index contributed by atoms with van der Waals surface area (Å²) in [6, 6.07) is 0. The first-order valence-corrected chi connectivity index (χ1v) is 12.1. The van der Waals surface area contributed by atoms with Gasteiger partial charge in [0.05, 0.1) is 19.1 Å². The van der Waals surface area contributed by atoms with E-state index in [-0.39, 0.29) is 31.0 Å². The minimum atomic E-state index is -3.52. The molecule has 2 amide bonds. The third kappa shape index (κ3) is 5.63. The van der Waals surface area contributed by atoms with Crippen LogP contribution in [0.15, 0.2) is 0 Å². The van der Waals surface area contributed by atoms with Crippen LogP contribution in [0.4, 0.5) is 4.79 Å². The number of amides is 2. The van der Waals surface area contributed by atoms with E-state index in [9.17, 15) is 18.0 Å². The van der Waals surface area contributed by atoms with E-state index in [0.717, 1.165) is 12.8 Å². The Morgan fingerprint density at radius 3 is 2.10 bits per heavy atom. The number of piperidine rings is 1. The highest BCUT2D eigenvalue weighted by atomic mass is 32.2. The van der Waals surface area contributed by atoms with Crippen LogP contribution >= 0.6 is 0 Å². The van der Waals surface area contributed by atoms with Gasteiger partial charge in [0.2, 0.25) is 5.91 Å². The number of morpholine rings is 1. The highest BCUT2D eigenvalue weighted by Gasteiger charge is 2.37. The summed E-state index contributed by atoms with van der Waals surface area (Å²) in [7, 11) is -3.52. The van der Waals surface area contributed by atoms with Crippen LogP contribution in [-0.4, -0.2) is 110 Å². The van der Waals surface area contributed by atoms with Crippen molar-refractivity contribution in [2.24, 2.45) is 5.92 Å².